The maximum Gasteiger partial charge on any atom is 0.476 e. The average Bonchev–Trinajstić information content (AvgIpc) is 3.07. The van der Waals surface area contributed by atoms with E-state index in [0.717, 1.165) is 28.8 Å². The third-order valence-corrected chi connectivity index (χ3v) is 5.75. The van der Waals surface area contributed by atoms with E-state index in [1.54, 1.807) is 12.1 Å². The van der Waals surface area contributed by atoms with Gasteiger partial charge in [0.05, 0.1) is 12.0 Å². The molecule has 0 radical (unpaired) electrons. The number of methoxy groups -OCH3 is 1. The van der Waals surface area contributed by atoms with Crippen LogP contribution in [0.3, 0.4) is 0 Å². The molecule has 0 fully saturated rings. The van der Waals surface area contributed by atoms with Crippen LogP contribution in [0.2, 0.25) is 0 Å². The maximum atomic E-state index is 11.1. The van der Waals surface area contributed by atoms with Crippen molar-refractivity contribution in [1.82, 2.24) is 4.98 Å². The number of nitrogens with one attached hydrogen (secondary N) is 3. The fraction of sp³-hybridized carbons (Fsp3) is 0.263. The van der Waals surface area contributed by atoms with Crippen molar-refractivity contribution in [3.05, 3.63) is 48.0 Å². The van der Waals surface area contributed by atoms with Gasteiger partial charge >= 0.3 is 12.0 Å². The maximum absolute atomic E-state index is 11.1. The van der Waals surface area contributed by atoms with Crippen LogP contribution in [0.25, 0.3) is 11.0 Å². The number of thioether (sulfide) groups is 1. The molecule has 1 amide bonds. The van der Waals surface area contributed by atoms with Crippen molar-refractivity contribution in [1.29, 1.82) is 0 Å². The van der Waals surface area contributed by atoms with Gasteiger partial charge in [-0.05, 0) is 49.4 Å². The minimum absolute atomic E-state index is 0. The number of amides is 1. The summed E-state index contributed by atoms with van der Waals surface area (Å²) in [5.74, 6) is 1.62. The van der Waals surface area contributed by atoms with E-state index in [0.29, 0.717) is 5.95 Å². The van der Waals surface area contributed by atoms with Crippen molar-refractivity contribution in [3.63, 3.8) is 0 Å². The topological polar surface area (TPSA) is 157 Å². The molecule has 30 heavy (non-hydrogen) atoms. The number of carbonyl (C=O) groups excluding carboxylic acids is 1. The summed E-state index contributed by atoms with van der Waals surface area (Å²) in [7, 11) is -2.94. The van der Waals surface area contributed by atoms with Crippen LogP contribution in [0, 0.1) is 6.92 Å². The Morgan fingerprint density at radius 3 is 2.47 bits per heavy atom. The van der Waals surface area contributed by atoms with Gasteiger partial charge in [0.1, 0.15) is 21.2 Å². The van der Waals surface area contributed by atoms with Crippen molar-refractivity contribution < 1.29 is 33.0 Å². The summed E-state index contributed by atoms with van der Waals surface area (Å²) in [6.45, 7) is 3.98. The number of hydrogen-bond donors (Lipinski definition) is 2. The number of rotatable bonds is 5. The fourth-order valence-electron chi connectivity index (χ4n) is 2.27. The Labute approximate surface area is 179 Å². The standard InChI is InChI=1S/C12H15N3O2S.C7H8O3S.H2O/c1-3-6-18-8-4-5-9-10(7-8)14-11(13-9)15-12(16)17-2;1-6-2-4-7(5-3-6)11(8,9)10;/h4-5,7H,3,6H2,1-2H3,(H2,13,14,15,16);2-5H,1H3,(H,8,9,10);1H2. The lowest BCUT2D eigenvalue weighted by molar-refractivity contribution is -0.326. The van der Waals surface area contributed by atoms with E-state index in [9.17, 15) is 17.8 Å². The lowest BCUT2D eigenvalue weighted by Gasteiger charge is -2.05. The van der Waals surface area contributed by atoms with Gasteiger partial charge in [-0.25, -0.2) is 23.2 Å². The number of ether oxygens (including phenoxy) is 1. The Hall–Kier alpha value is -2.60. The van der Waals surface area contributed by atoms with Gasteiger partial charge in [-0.3, -0.25) is 0 Å². The number of H-pyrrole nitrogens is 2. The second-order valence-corrected chi connectivity index (χ2v) is 8.61. The predicted molar refractivity (Wildman–Crippen MR) is 115 cm³/mol. The van der Waals surface area contributed by atoms with Gasteiger partial charge in [0, 0.05) is 4.90 Å². The van der Waals surface area contributed by atoms with Gasteiger partial charge < -0.3 is 14.8 Å². The van der Waals surface area contributed by atoms with Gasteiger partial charge in [-0.1, -0.05) is 24.6 Å². The number of aromatic nitrogens is 2. The third kappa shape index (κ3) is 7.67. The molecule has 0 atom stereocenters. The van der Waals surface area contributed by atoms with Gasteiger partial charge in [0.15, 0.2) is 0 Å². The molecule has 0 spiro atoms. The molecule has 0 aliphatic carbocycles. The van der Waals surface area contributed by atoms with Crippen LogP contribution in [0.5, 0.6) is 0 Å². The largest absolute Gasteiger partial charge is 0.744 e. The normalized spacial score (nSPS) is 10.5. The number of hydrogen-bond acceptors (Lipinski definition) is 6. The first-order valence-electron chi connectivity index (χ1n) is 8.78. The number of benzene rings is 2. The molecule has 164 valence electrons. The number of anilines is 1. The molecule has 3 rings (SSSR count). The molecule has 1 aromatic heterocycles. The minimum Gasteiger partial charge on any atom is -0.744 e. The van der Waals surface area contributed by atoms with E-state index in [1.807, 2.05) is 24.8 Å². The SMILES string of the molecule is CCCSc1ccc2[nH+]c(NC(=O)OC)[nH]c2c1.Cc1ccc(S(=O)(=O)[O-])cc1.O. The lowest BCUT2D eigenvalue weighted by Crippen LogP contribution is -2.17. The number of imidazole rings is 1. The molecule has 0 saturated heterocycles. The highest BCUT2D eigenvalue weighted by Crippen LogP contribution is 2.22. The zero-order chi connectivity index (χ0) is 21.4. The van der Waals surface area contributed by atoms with Crippen molar-refractivity contribution in [2.75, 3.05) is 18.2 Å². The molecule has 3 aromatic rings. The van der Waals surface area contributed by atoms with Gasteiger partial charge in [0.2, 0.25) is 0 Å². The first kappa shape index (κ1) is 25.4. The van der Waals surface area contributed by atoms with Crippen LogP contribution < -0.4 is 10.3 Å². The molecule has 5 N–H and O–H groups in total. The quantitative estimate of drug-likeness (QED) is 0.445. The van der Waals surface area contributed by atoms with Gasteiger partial charge in [0.25, 0.3) is 0 Å². The van der Waals surface area contributed by atoms with Crippen molar-refractivity contribution in [2.24, 2.45) is 0 Å². The van der Waals surface area contributed by atoms with E-state index >= 15 is 0 Å². The summed E-state index contributed by atoms with van der Waals surface area (Å²) in [6.07, 6.45) is 0.646. The van der Waals surface area contributed by atoms with Gasteiger partial charge in [-0.2, -0.15) is 5.32 Å². The highest BCUT2D eigenvalue weighted by atomic mass is 32.2. The lowest BCUT2D eigenvalue weighted by atomic mass is 10.2. The number of fused-ring (bicyclic) bond motifs is 1. The number of aromatic amines is 2. The van der Waals surface area contributed by atoms with Crippen LogP contribution in [0.4, 0.5) is 10.7 Å². The van der Waals surface area contributed by atoms with Crippen LogP contribution >= 0.6 is 11.8 Å². The monoisotopic (exact) mass is 455 g/mol. The van der Waals surface area contributed by atoms with Crippen molar-refractivity contribution >= 4 is 45.0 Å². The Morgan fingerprint density at radius 1 is 1.23 bits per heavy atom. The third-order valence-electron chi connectivity index (χ3n) is 3.71. The van der Waals surface area contributed by atoms with Crippen molar-refractivity contribution in [2.45, 2.75) is 30.1 Å². The zero-order valence-corrected chi connectivity index (χ0v) is 18.4. The smallest absolute Gasteiger partial charge is 0.476 e. The Kier molecular flexibility index (Phi) is 9.79. The zero-order valence-electron chi connectivity index (χ0n) is 16.8. The first-order chi connectivity index (χ1) is 13.7. The summed E-state index contributed by atoms with van der Waals surface area (Å²) in [6, 6.07) is 11.9. The summed E-state index contributed by atoms with van der Waals surface area (Å²) in [5, 5.41) is 2.56. The van der Waals surface area contributed by atoms with Crippen LogP contribution in [0.1, 0.15) is 18.9 Å². The second-order valence-electron chi connectivity index (χ2n) is 6.06. The molecule has 2 aromatic carbocycles. The molecule has 1 heterocycles. The Morgan fingerprint density at radius 2 is 1.90 bits per heavy atom. The molecule has 0 saturated carbocycles. The van der Waals surface area contributed by atoms with Crippen molar-refractivity contribution in [3.8, 4) is 0 Å². The molecular weight excluding hydrogens is 430 g/mol. The average molecular weight is 456 g/mol. The molecule has 0 unspecified atom stereocenters. The fourth-order valence-corrected chi connectivity index (χ4v) is 3.54. The van der Waals surface area contributed by atoms with E-state index < -0.39 is 16.2 Å². The second kappa shape index (κ2) is 11.6. The molecule has 0 bridgehead atoms. The molecule has 9 nitrogen and oxygen atoms in total. The van der Waals surface area contributed by atoms with E-state index in [4.69, 9.17) is 0 Å². The van der Waals surface area contributed by atoms with E-state index in [1.165, 1.54) is 24.1 Å². The van der Waals surface area contributed by atoms with Crippen LogP contribution in [-0.2, 0) is 14.9 Å². The highest BCUT2D eigenvalue weighted by molar-refractivity contribution is 7.99. The Bertz CT molecular complexity index is 1070. The van der Waals surface area contributed by atoms with Gasteiger partial charge in [-0.15, -0.1) is 11.8 Å². The molecule has 11 heteroatoms. The molecular formula is C19H25N3O6S2. The summed E-state index contributed by atoms with van der Waals surface area (Å²) in [4.78, 5) is 18.3. The van der Waals surface area contributed by atoms with Crippen LogP contribution in [-0.4, -0.2) is 42.4 Å². The Balaban J connectivity index is 0.000000324. The molecule has 0 aliphatic rings. The van der Waals surface area contributed by atoms with E-state index in [-0.39, 0.29) is 10.4 Å². The number of aryl methyl sites for hydroxylation is 1. The molecule has 0 aliphatic heterocycles. The number of carbonyl (C=O) groups is 1. The summed E-state index contributed by atoms with van der Waals surface area (Å²) >= 11 is 1.82. The van der Waals surface area contributed by atoms with E-state index in [2.05, 4.69) is 39.1 Å². The minimum atomic E-state index is -4.27. The summed E-state index contributed by atoms with van der Waals surface area (Å²) < 4.78 is 35.7. The van der Waals surface area contributed by atoms with Crippen LogP contribution in [0.15, 0.2) is 52.3 Å². The first-order valence-corrected chi connectivity index (χ1v) is 11.2. The highest BCUT2D eigenvalue weighted by Gasteiger charge is 2.13. The summed E-state index contributed by atoms with van der Waals surface area (Å²) in [5.41, 5.74) is 2.84. The predicted octanol–water partition coefficient (Wildman–Crippen LogP) is 2.74.